The van der Waals surface area contributed by atoms with Gasteiger partial charge in [0.05, 0.1) is 21.2 Å². The van der Waals surface area contributed by atoms with E-state index in [0.717, 1.165) is 0 Å². The van der Waals surface area contributed by atoms with Crippen molar-refractivity contribution in [3.05, 3.63) is 57.0 Å². The Labute approximate surface area is 151 Å². The van der Waals surface area contributed by atoms with E-state index >= 15 is 0 Å². The highest BCUT2D eigenvalue weighted by atomic mass is 79.9. The molecule has 0 aliphatic heterocycles. The third kappa shape index (κ3) is 5.46. The lowest BCUT2D eigenvalue weighted by molar-refractivity contribution is 0.129. The molecule has 1 unspecified atom stereocenters. The summed E-state index contributed by atoms with van der Waals surface area (Å²) in [6.07, 6.45) is 0.352. The van der Waals surface area contributed by atoms with Crippen LogP contribution in [0, 0.1) is 11.6 Å². The largest absolute Gasteiger partial charge is 0.489 e. The lowest BCUT2D eigenvalue weighted by atomic mass is 10.2. The minimum Gasteiger partial charge on any atom is -0.489 e. The van der Waals surface area contributed by atoms with Crippen molar-refractivity contribution in [2.45, 2.75) is 32.5 Å². The molecular formula is C17H16Br2F2O2. The first kappa shape index (κ1) is 18.2. The molecule has 2 atom stereocenters. The molecular weight excluding hydrogens is 434 g/mol. The lowest BCUT2D eigenvalue weighted by Crippen LogP contribution is -2.23. The van der Waals surface area contributed by atoms with E-state index in [1.54, 1.807) is 12.1 Å². The molecule has 0 aromatic heterocycles. The molecule has 0 heterocycles. The average molecular weight is 450 g/mol. The molecule has 124 valence electrons. The highest BCUT2D eigenvalue weighted by molar-refractivity contribution is 9.10. The van der Waals surface area contributed by atoms with E-state index in [4.69, 9.17) is 9.47 Å². The topological polar surface area (TPSA) is 18.5 Å². The fraction of sp³-hybridized carbons (Fsp3) is 0.294. The first-order valence-corrected chi connectivity index (χ1v) is 8.67. The van der Waals surface area contributed by atoms with Crippen LogP contribution in [-0.4, -0.2) is 12.2 Å². The standard InChI is InChI=1S/C17H16Br2F2O2/c1-10(22-16-5-3-12(20)8-14(16)18)7-11(2)23-17-6-4-13(21)9-15(17)19/h3-6,8-11H,7H2,1-2H3/t10-,11?/m1/s1. The second kappa shape index (κ2) is 8.11. The number of ether oxygens (including phenoxy) is 2. The zero-order chi connectivity index (χ0) is 17.0. The van der Waals surface area contributed by atoms with Crippen LogP contribution in [0.5, 0.6) is 11.5 Å². The van der Waals surface area contributed by atoms with E-state index in [0.29, 0.717) is 26.9 Å². The Kier molecular flexibility index (Phi) is 6.41. The first-order valence-electron chi connectivity index (χ1n) is 7.08. The second-order valence-electron chi connectivity index (χ2n) is 5.24. The molecule has 0 bridgehead atoms. The van der Waals surface area contributed by atoms with Crippen LogP contribution in [0.1, 0.15) is 20.3 Å². The third-order valence-corrected chi connectivity index (χ3v) is 4.35. The van der Waals surface area contributed by atoms with Crippen molar-refractivity contribution in [1.29, 1.82) is 0 Å². The van der Waals surface area contributed by atoms with E-state index in [9.17, 15) is 8.78 Å². The van der Waals surface area contributed by atoms with Crippen LogP contribution < -0.4 is 9.47 Å². The van der Waals surface area contributed by atoms with Crippen molar-refractivity contribution in [3.63, 3.8) is 0 Å². The Morgan fingerprint density at radius 3 is 1.57 bits per heavy atom. The first-order chi connectivity index (χ1) is 10.8. The van der Waals surface area contributed by atoms with Gasteiger partial charge in [0, 0.05) is 6.42 Å². The Balaban J connectivity index is 1.92. The van der Waals surface area contributed by atoms with Gasteiger partial charge in [-0.15, -0.1) is 0 Å². The monoisotopic (exact) mass is 448 g/mol. The Bertz CT molecular complexity index is 622. The third-order valence-electron chi connectivity index (χ3n) is 3.11. The van der Waals surface area contributed by atoms with Crippen LogP contribution in [0.4, 0.5) is 8.78 Å². The number of rotatable bonds is 6. The molecule has 23 heavy (non-hydrogen) atoms. The summed E-state index contributed by atoms with van der Waals surface area (Å²) in [5.74, 6) is 0.507. The molecule has 0 spiro atoms. The molecule has 2 nitrogen and oxygen atoms in total. The molecule has 2 rings (SSSR count). The van der Waals surface area contributed by atoms with E-state index in [1.165, 1.54) is 24.3 Å². The quantitative estimate of drug-likeness (QED) is 0.529. The fourth-order valence-corrected chi connectivity index (χ4v) is 3.03. The maximum atomic E-state index is 13.1. The van der Waals surface area contributed by atoms with Gasteiger partial charge in [-0.05, 0) is 82.1 Å². The molecule has 2 aromatic rings. The molecule has 0 saturated heterocycles. The van der Waals surface area contributed by atoms with E-state index in [2.05, 4.69) is 31.9 Å². The number of benzene rings is 2. The van der Waals surface area contributed by atoms with Crippen LogP contribution in [0.2, 0.25) is 0 Å². The van der Waals surface area contributed by atoms with Gasteiger partial charge in [0.15, 0.2) is 0 Å². The molecule has 0 aliphatic rings. The highest BCUT2D eigenvalue weighted by Gasteiger charge is 2.15. The minimum absolute atomic E-state index is 0.133. The van der Waals surface area contributed by atoms with Crippen LogP contribution in [0.3, 0.4) is 0 Å². The summed E-state index contributed by atoms with van der Waals surface area (Å²) in [5, 5.41) is 0. The molecule has 0 radical (unpaired) electrons. The maximum Gasteiger partial charge on any atom is 0.134 e. The molecule has 0 fully saturated rings. The summed E-state index contributed by atoms with van der Waals surface area (Å²) >= 11 is 6.55. The number of hydrogen-bond donors (Lipinski definition) is 0. The Morgan fingerprint density at radius 1 is 0.826 bits per heavy atom. The summed E-state index contributed by atoms with van der Waals surface area (Å²) in [5.41, 5.74) is 0. The predicted molar refractivity (Wildman–Crippen MR) is 93.0 cm³/mol. The van der Waals surface area contributed by atoms with Gasteiger partial charge in [-0.25, -0.2) is 8.78 Å². The molecule has 0 amide bonds. The molecule has 0 aliphatic carbocycles. The van der Waals surface area contributed by atoms with Crippen molar-refractivity contribution in [3.8, 4) is 11.5 Å². The normalized spacial score (nSPS) is 13.5. The van der Waals surface area contributed by atoms with Gasteiger partial charge in [-0.3, -0.25) is 0 Å². The van der Waals surface area contributed by atoms with Gasteiger partial charge in [0.25, 0.3) is 0 Å². The van der Waals surface area contributed by atoms with Crippen LogP contribution in [0.15, 0.2) is 45.3 Å². The summed E-state index contributed by atoms with van der Waals surface area (Å²) in [7, 11) is 0. The lowest BCUT2D eigenvalue weighted by Gasteiger charge is -2.21. The summed E-state index contributed by atoms with van der Waals surface area (Å²) in [6.45, 7) is 3.82. The maximum absolute atomic E-state index is 13.1. The van der Waals surface area contributed by atoms with Crippen molar-refractivity contribution in [2.75, 3.05) is 0 Å². The fourth-order valence-electron chi connectivity index (χ4n) is 2.14. The Morgan fingerprint density at radius 2 is 1.22 bits per heavy atom. The number of hydrogen-bond acceptors (Lipinski definition) is 2. The van der Waals surface area contributed by atoms with E-state index < -0.39 is 0 Å². The second-order valence-corrected chi connectivity index (χ2v) is 6.95. The van der Waals surface area contributed by atoms with Crippen molar-refractivity contribution < 1.29 is 18.3 Å². The molecule has 0 N–H and O–H groups in total. The van der Waals surface area contributed by atoms with E-state index in [1.807, 2.05) is 13.8 Å². The molecule has 0 saturated carbocycles. The summed E-state index contributed by atoms with van der Waals surface area (Å²) < 4.78 is 38.9. The average Bonchev–Trinajstić information content (AvgIpc) is 2.45. The highest BCUT2D eigenvalue weighted by Crippen LogP contribution is 2.29. The van der Waals surface area contributed by atoms with Gasteiger partial charge in [-0.1, -0.05) is 0 Å². The van der Waals surface area contributed by atoms with Gasteiger partial charge < -0.3 is 9.47 Å². The SMILES string of the molecule is CC(C[C@@H](C)Oc1ccc(F)cc1Br)Oc1ccc(F)cc1Br. The van der Waals surface area contributed by atoms with Crippen LogP contribution >= 0.6 is 31.9 Å². The van der Waals surface area contributed by atoms with E-state index in [-0.39, 0.29) is 23.8 Å². The Hall–Kier alpha value is -1.14. The van der Waals surface area contributed by atoms with Gasteiger partial charge >= 0.3 is 0 Å². The summed E-state index contributed by atoms with van der Waals surface area (Å²) in [6, 6.07) is 8.58. The molecule has 2 aromatic carbocycles. The van der Waals surface area contributed by atoms with Crippen molar-refractivity contribution >= 4 is 31.9 Å². The van der Waals surface area contributed by atoms with Crippen LogP contribution in [-0.2, 0) is 0 Å². The van der Waals surface area contributed by atoms with Crippen molar-refractivity contribution in [2.24, 2.45) is 0 Å². The molecule has 6 heteroatoms. The van der Waals surface area contributed by atoms with Gasteiger partial charge in [0.1, 0.15) is 23.1 Å². The van der Waals surface area contributed by atoms with Crippen molar-refractivity contribution in [1.82, 2.24) is 0 Å². The predicted octanol–water partition coefficient (Wildman–Crippen LogP) is 6.11. The summed E-state index contributed by atoms with van der Waals surface area (Å²) in [4.78, 5) is 0. The zero-order valence-corrected chi connectivity index (χ0v) is 15.8. The van der Waals surface area contributed by atoms with Crippen LogP contribution in [0.25, 0.3) is 0 Å². The minimum atomic E-state index is -0.324. The zero-order valence-electron chi connectivity index (χ0n) is 12.7. The smallest absolute Gasteiger partial charge is 0.134 e. The van der Waals surface area contributed by atoms with Gasteiger partial charge in [-0.2, -0.15) is 0 Å². The number of halogens is 4. The van der Waals surface area contributed by atoms with Gasteiger partial charge in [0.2, 0.25) is 0 Å².